The van der Waals surface area contributed by atoms with E-state index in [2.05, 4.69) is 0 Å². The maximum Gasteiger partial charge on any atom is 0.343 e. The quantitative estimate of drug-likeness (QED) is 0.311. The molecule has 0 saturated heterocycles. The van der Waals surface area contributed by atoms with Crippen LogP contribution in [-0.2, 0) is 21.5 Å². The summed E-state index contributed by atoms with van der Waals surface area (Å²) in [4.78, 5) is 13.2. The summed E-state index contributed by atoms with van der Waals surface area (Å²) in [5, 5.41) is 9.60. The Morgan fingerprint density at radius 2 is 1.71 bits per heavy atom. The fourth-order valence-electron chi connectivity index (χ4n) is 6.90. The molecule has 4 aliphatic carbocycles. The molecule has 6 rings (SSSR count). The molecule has 0 amide bonds. The van der Waals surface area contributed by atoms with Gasteiger partial charge >= 0.3 is 12.4 Å². The Kier molecular flexibility index (Phi) is 6.65. The van der Waals surface area contributed by atoms with Crippen molar-refractivity contribution in [3.63, 3.8) is 0 Å². The Morgan fingerprint density at radius 1 is 1.03 bits per heavy atom. The molecule has 0 heterocycles. The van der Waals surface area contributed by atoms with Crippen LogP contribution in [0.1, 0.15) is 66.9 Å². The average molecular weight is 467 g/mol. The molecule has 6 heteroatoms. The molecule has 1 unspecified atom stereocenters. The van der Waals surface area contributed by atoms with Gasteiger partial charge in [0.1, 0.15) is 11.5 Å². The van der Waals surface area contributed by atoms with Crippen molar-refractivity contribution in [2.24, 2.45) is 17.8 Å². The van der Waals surface area contributed by atoms with Gasteiger partial charge in [-0.3, -0.25) is 0 Å². The molecule has 6 nitrogen and oxygen atoms in total. The monoisotopic (exact) mass is 466 g/mol. The van der Waals surface area contributed by atoms with Crippen LogP contribution in [0, 0.1) is 17.8 Å². The molecule has 182 valence electrons. The third-order valence-electron chi connectivity index (χ3n) is 7.89. The fourth-order valence-corrected chi connectivity index (χ4v) is 6.90. The predicted molar refractivity (Wildman–Crippen MR) is 127 cm³/mol. The van der Waals surface area contributed by atoms with Crippen LogP contribution < -0.4 is 9.47 Å². The Morgan fingerprint density at radius 3 is 2.32 bits per heavy atom. The van der Waals surface area contributed by atoms with Crippen molar-refractivity contribution in [2.75, 3.05) is 13.7 Å². The zero-order valence-corrected chi connectivity index (χ0v) is 20.0. The number of ether oxygens (including phenoxy) is 4. The van der Waals surface area contributed by atoms with Gasteiger partial charge in [-0.2, -0.15) is 0 Å². The zero-order valence-electron chi connectivity index (χ0n) is 20.0. The number of benzene rings is 2. The van der Waals surface area contributed by atoms with E-state index in [0.717, 1.165) is 48.3 Å². The van der Waals surface area contributed by atoms with Gasteiger partial charge in [-0.1, -0.05) is 18.2 Å². The van der Waals surface area contributed by atoms with Crippen LogP contribution in [0.5, 0.6) is 11.5 Å². The first-order valence-corrected chi connectivity index (χ1v) is 12.4. The van der Waals surface area contributed by atoms with E-state index in [9.17, 15) is 9.90 Å². The van der Waals surface area contributed by atoms with E-state index in [4.69, 9.17) is 18.9 Å². The molecule has 0 aliphatic heterocycles. The molecule has 0 spiro atoms. The number of aliphatic hydroxyl groups is 1. The Hall–Kier alpha value is -2.41. The van der Waals surface area contributed by atoms with Crippen LogP contribution in [0.4, 0.5) is 0 Å². The number of esters is 1. The van der Waals surface area contributed by atoms with E-state index < -0.39 is 12.4 Å². The summed E-state index contributed by atoms with van der Waals surface area (Å²) in [6.45, 7) is 1.38. The van der Waals surface area contributed by atoms with E-state index in [1.807, 2.05) is 25.1 Å². The summed E-state index contributed by atoms with van der Waals surface area (Å²) in [7, 11) is 1.56. The van der Waals surface area contributed by atoms with Gasteiger partial charge in [0.15, 0.2) is 0 Å². The van der Waals surface area contributed by atoms with E-state index in [1.165, 1.54) is 19.3 Å². The summed E-state index contributed by atoms with van der Waals surface area (Å²) < 4.78 is 22.9. The van der Waals surface area contributed by atoms with Crippen LogP contribution >= 0.6 is 0 Å². The normalized spacial score (nSPS) is 28.0. The van der Waals surface area contributed by atoms with Gasteiger partial charge in [0.05, 0.1) is 18.8 Å². The molecule has 34 heavy (non-hydrogen) atoms. The maximum absolute atomic E-state index is 13.2. The third-order valence-corrected chi connectivity index (χ3v) is 7.89. The minimum Gasteiger partial charge on any atom is -0.441 e. The van der Waals surface area contributed by atoms with Gasteiger partial charge in [-0.25, -0.2) is 4.79 Å². The van der Waals surface area contributed by atoms with Crippen molar-refractivity contribution < 1.29 is 28.8 Å². The lowest BCUT2D eigenvalue weighted by atomic mass is 9.48. The lowest BCUT2D eigenvalue weighted by Gasteiger charge is -2.57. The number of carbonyl (C=O) groups is 1. The number of rotatable bonds is 9. The number of aliphatic hydroxyl groups excluding tert-OH is 1. The Bertz CT molecular complexity index is 996. The van der Waals surface area contributed by atoms with Gasteiger partial charge in [-0.15, -0.1) is 0 Å². The summed E-state index contributed by atoms with van der Waals surface area (Å²) in [6, 6.07) is 12.6. The summed E-state index contributed by atoms with van der Waals surface area (Å²) in [5.74, 6) is 2.90. The summed E-state index contributed by atoms with van der Waals surface area (Å²) in [6.07, 6.45) is 7.38. The van der Waals surface area contributed by atoms with Crippen molar-refractivity contribution in [3.8, 4) is 11.5 Å². The van der Waals surface area contributed by atoms with Crippen LogP contribution in [0.2, 0.25) is 0 Å². The molecule has 4 saturated carbocycles. The van der Waals surface area contributed by atoms with E-state index >= 15 is 0 Å². The smallest absolute Gasteiger partial charge is 0.343 e. The molecule has 2 aromatic carbocycles. The predicted octanol–water partition coefficient (Wildman–Crippen LogP) is 5.21. The first-order valence-electron chi connectivity index (χ1n) is 12.4. The van der Waals surface area contributed by atoms with Crippen molar-refractivity contribution in [2.45, 2.75) is 63.9 Å². The largest absolute Gasteiger partial charge is 0.441 e. The molecule has 4 bridgehead atoms. The van der Waals surface area contributed by atoms with Gasteiger partial charge in [0.2, 0.25) is 0 Å². The Balaban J connectivity index is 1.49. The molecule has 1 N–H and O–H groups in total. The molecular formula is C28H34O6. The lowest BCUT2D eigenvalue weighted by molar-refractivity contribution is -0.231. The van der Waals surface area contributed by atoms with Gasteiger partial charge in [0.25, 0.3) is 0 Å². The molecule has 2 aromatic rings. The maximum atomic E-state index is 13.2. The van der Waals surface area contributed by atoms with Crippen LogP contribution in [0.3, 0.4) is 0 Å². The molecule has 4 aliphatic rings. The topological polar surface area (TPSA) is 74.2 Å². The highest BCUT2D eigenvalue weighted by molar-refractivity contribution is 5.91. The van der Waals surface area contributed by atoms with Crippen molar-refractivity contribution in [3.05, 3.63) is 59.2 Å². The average Bonchev–Trinajstić information content (AvgIpc) is 2.83. The fraction of sp³-hybridized carbons (Fsp3) is 0.536. The Labute approximate surface area is 201 Å². The second kappa shape index (κ2) is 9.68. The van der Waals surface area contributed by atoms with Crippen molar-refractivity contribution in [1.82, 2.24) is 0 Å². The van der Waals surface area contributed by atoms with Crippen LogP contribution in [0.15, 0.2) is 42.5 Å². The van der Waals surface area contributed by atoms with E-state index in [0.29, 0.717) is 23.5 Å². The lowest BCUT2D eigenvalue weighted by Crippen LogP contribution is -2.48. The SMILES string of the molecule is CCOC(OC)Oc1ccc(C(=O)Oc2ccccc2CO)cc1C12CC3CC(CC(C3)C1)C2. The number of hydrogen-bond acceptors (Lipinski definition) is 6. The van der Waals surface area contributed by atoms with Crippen LogP contribution in [0.25, 0.3) is 0 Å². The highest BCUT2D eigenvalue weighted by atomic mass is 16.8. The standard InChI is InChI=1S/C28H34O6/c1-3-32-27(31-2)34-25-9-8-21(26(30)33-24-7-5-4-6-22(24)17-29)13-23(25)28-14-18-10-19(15-28)12-20(11-18)16-28/h4-9,13,18-20,27,29H,3,10-12,14-17H2,1-2H3. The second-order valence-electron chi connectivity index (χ2n) is 10.2. The minimum atomic E-state index is -0.799. The minimum absolute atomic E-state index is 0.00782. The zero-order chi connectivity index (χ0) is 23.7. The molecule has 4 fully saturated rings. The van der Waals surface area contributed by atoms with Crippen molar-refractivity contribution >= 4 is 5.97 Å². The summed E-state index contributed by atoms with van der Waals surface area (Å²) in [5.41, 5.74) is 2.14. The highest BCUT2D eigenvalue weighted by Crippen LogP contribution is 2.62. The second-order valence-corrected chi connectivity index (χ2v) is 10.2. The highest BCUT2D eigenvalue weighted by Gasteiger charge is 2.52. The van der Waals surface area contributed by atoms with Gasteiger partial charge < -0.3 is 24.1 Å². The number of hydrogen-bond donors (Lipinski definition) is 1. The van der Waals surface area contributed by atoms with Crippen LogP contribution in [-0.4, -0.2) is 31.3 Å². The van der Waals surface area contributed by atoms with Gasteiger partial charge in [-0.05, 0) is 92.9 Å². The van der Waals surface area contributed by atoms with E-state index in [1.54, 1.807) is 31.4 Å². The number of para-hydroxylation sites is 1. The number of methoxy groups -OCH3 is 1. The summed E-state index contributed by atoms with van der Waals surface area (Å²) >= 11 is 0. The molecule has 0 aromatic heterocycles. The molecule has 0 radical (unpaired) electrons. The third kappa shape index (κ3) is 4.47. The van der Waals surface area contributed by atoms with Crippen molar-refractivity contribution in [1.29, 1.82) is 0 Å². The molecular weight excluding hydrogens is 432 g/mol. The van der Waals surface area contributed by atoms with E-state index in [-0.39, 0.29) is 12.0 Å². The van der Waals surface area contributed by atoms with Gasteiger partial charge in [0, 0.05) is 18.2 Å². The number of carbonyl (C=O) groups excluding carboxylic acids is 1. The molecule has 1 atom stereocenters. The first-order chi connectivity index (χ1) is 16.5. The first kappa shape index (κ1) is 23.3.